The number of carbonyl (C=O) groups excluding carboxylic acids is 2. The number of amides is 2. The maximum atomic E-state index is 13.6. The van der Waals surface area contributed by atoms with Crippen molar-refractivity contribution in [3.8, 4) is 5.75 Å². The molecule has 0 spiro atoms. The molecule has 0 radical (unpaired) electrons. The molecule has 1 fully saturated rings. The molecule has 1 saturated carbocycles. The average Bonchev–Trinajstić information content (AvgIpc) is 3.52. The van der Waals surface area contributed by atoms with E-state index in [1.807, 2.05) is 0 Å². The second-order valence-corrected chi connectivity index (χ2v) is 7.79. The Balaban J connectivity index is 1.79. The van der Waals surface area contributed by atoms with Crippen molar-refractivity contribution in [1.82, 2.24) is 5.32 Å². The molecule has 6 nitrogen and oxygen atoms in total. The molecule has 3 aromatic rings. The van der Waals surface area contributed by atoms with Crippen LogP contribution in [0.15, 0.2) is 71.3 Å². The average molecular weight is 436 g/mol. The van der Waals surface area contributed by atoms with Crippen LogP contribution in [0.2, 0.25) is 0 Å². The molecule has 166 valence electrons. The number of nitrogens with zero attached hydrogens (tertiary/aromatic N) is 1. The Labute approximate surface area is 186 Å². The van der Waals surface area contributed by atoms with Gasteiger partial charge >= 0.3 is 0 Å². The molecule has 1 unspecified atom stereocenters. The van der Waals surface area contributed by atoms with Crippen molar-refractivity contribution in [2.75, 3.05) is 12.0 Å². The summed E-state index contributed by atoms with van der Waals surface area (Å²) >= 11 is 0. The lowest BCUT2D eigenvalue weighted by Crippen LogP contribution is -2.46. The van der Waals surface area contributed by atoms with Gasteiger partial charge in [-0.25, -0.2) is 4.39 Å². The molecular formula is C25H25FN2O4. The van der Waals surface area contributed by atoms with E-state index in [2.05, 4.69) is 5.32 Å². The third kappa shape index (κ3) is 4.66. The third-order valence-corrected chi connectivity index (χ3v) is 5.70. The monoisotopic (exact) mass is 436 g/mol. The maximum absolute atomic E-state index is 13.6. The lowest BCUT2D eigenvalue weighted by Gasteiger charge is -2.32. The normalized spacial score (nSPS) is 14.7. The summed E-state index contributed by atoms with van der Waals surface area (Å²) in [6.07, 6.45) is 5.33. The first-order chi connectivity index (χ1) is 15.6. The number of hydrogen-bond donors (Lipinski definition) is 1. The number of ether oxygens (including phenoxy) is 1. The van der Waals surface area contributed by atoms with Gasteiger partial charge in [-0.3, -0.25) is 14.5 Å². The molecule has 1 heterocycles. The Bertz CT molecular complexity index is 1040. The van der Waals surface area contributed by atoms with Crippen molar-refractivity contribution in [3.05, 3.63) is 84.1 Å². The van der Waals surface area contributed by atoms with Gasteiger partial charge in [0.1, 0.15) is 17.6 Å². The van der Waals surface area contributed by atoms with E-state index in [9.17, 15) is 14.0 Å². The summed E-state index contributed by atoms with van der Waals surface area (Å²) < 4.78 is 24.2. The van der Waals surface area contributed by atoms with Crippen molar-refractivity contribution >= 4 is 17.5 Å². The minimum atomic E-state index is -0.982. The molecule has 0 aliphatic heterocycles. The third-order valence-electron chi connectivity index (χ3n) is 5.70. The lowest BCUT2D eigenvalue weighted by molar-refractivity contribution is -0.123. The highest BCUT2D eigenvalue weighted by molar-refractivity contribution is 6.08. The highest BCUT2D eigenvalue weighted by Crippen LogP contribution is 2.32. The SMILES string of the molecule is COc1ccc(C(C(=O)NC2CCCC2)N(C(=O)c2ccco2)c2ccc(F)cc2)cc1. The van der Waals surface area contributed by atoms with Crippen LogP contribution >= 0.6 is 0 Å². The van der Waals surface area contributed by atoms with Gasteiger partial charge in [0.2, 0.25) is 5.91 Å². The summed E-state index contributed by atoms with van der Waals surface area (Å²) in [5.74, 6) is -0.512. The van der Waals surface area contributed by atoms with Crippen molar-refractivity contribution < 1.29 is 23.1 Å². The van der Waals surface area contributed by atoms with Gasteiger partial charge in [0.25, 0.3) is 5.91 Å². The van der Waals surface area contributed by atoms with Crippen molar-refractivity contribution in [3.63, 3.8) is 0 Å². The topological polar surface area (TPSA) is 71.8 Å². The number of carbonyl (C=O) groups is 2. The fourth-order valence-corrected chi connectivity index (χ4v) is 4.06. The van der Waals surface area contributed by atoms with Crippen LogP contribution in [0.4, 0.5) is 10.1 Å². The highest BCUT2D eigenvalue weighted by atomic mass is 19.1. The Kier molecular flexibility index (Phi) is 6.54. The van der Waals surface area contributed by atoms with Gasteiger partial charge in [-0.15, -0.1) is 0 Å². The second-order valence-electron chi connectivity index (χ2n) is 7.79. The van der Waals surface area contributed by atoms with Crippen LogP contribution < -0.4 is 15.0 Å². The first-order valence-electron chi connectivity index (χ1n) is 10.6. The van der Waals surface area contributed by atoms with Crippen LogP contribution in [-0.2, 0) is 4.79 Å². The summed E-state index contributed by atoms with van der Waals surface area (Å²) in [5.41, 5.74) is 0.987. The maximum Gasteiger partial charge on any atom is 0.294 e. The standard InChI is InChI=1S/C25H25FN2O4/c1-31-21-14-8-17(9-15-21)23(24(29)27-19-5-2-3-6-19)28(20-12-10-18(26)11-13-20)25(30)22-7-4-16-32-22/h4,7-16,19,23H,2-3,5-6H2,1H3,(H,27,29). The summed E-state index contributed by atoms with van der Waals surface area (Å²) in [4.78, 5) is 28.4. The highest BCUT2D eigenvalue weighted by Gasteiger charge is 2.35. The molecule has 4 rings (SSSR count). The van der Waals surface area contributed by atoms with Crippen LogP contribution in [0, 0.1) is 5.82 Å². The van der Waals surface area contributed by atoms with Gasteiger partial charge in [-0.05, 0) is 66.9 Å². The molecule has 1 N–H and O–H groups in total. The number of methoxy groups -OCH3 is 1. The largest absolute Gasteiger partial charge is 0.497 e. The van der Waals surface area contributed by atoms with Gasteiger partial charge < -0.3 is 14.5 Å². The van der Waals surface area contributed by atoms with Gasteiger partial charge in [-0.2, -0.15) is 0 Å². The Hall–Kier alpha value is -3.61. The number of anilines is 1. The van der Waals surface area contributed by atoms with E-state index in [1.54, 1.807) is 43.5 Å². The fourth-order valence-electron chi connectivity index (χ4n) is 4.06. The molecule has 1 aromatic heterocycles. The predicted octanol–water partition coefficient (Wildman–Crippen LogP) is 4.87. The summed E-state index contributed by atoms with van der Waals surface area (Å²) in [7, 11) is 1.56. The Morgan fingerprint density at radius 2 is 1.75 bits per heavy atom. The predicted molar refractivity (Wildman–Crippen MR) is 118 cm³/mol. The molecule has 0 bridgehead atoms. The van der Waals surface area contributed by atoms with Crippen molar-refractivity contribution in [2.24, 2.45) is 0 Å². The molecule has 7 heteroatoms. The van der Waals surface area contributed by atoms with Gasteiger partial charge in [0, 0.05) is 11.7 Å². The molecule has 1 aliphatic carbocycles. The molecule has 2 aromatic carbocycles. The molecule has 1 aliphatic rings. The van der Waals surface area contributed by atoms with Crippen LogP contribution in [0.3, 0.4) is 0 Å². The van der Waals surface area contributed by atoms with Crippen LogP contribution in [-0.4, -0.2) is 25.0 Å². The summed E-state index contributed by atoms with van der Waals surface area (Å²) in [6, 6.07) is 14.7. The van der Waals surface area contributed by atoms with E-state index < -0.39 is 17.8 Å². The number of hydrogen-bond acceptors (Lipinski definition) is 4. The van der Waals surface area contributed by atoms with Crippen LogP contribution in [0.25, 0.3) is 0 Å². The Morgan fingerprint density at radius 1 is 1.06 bits per heavy atom. The zero-order chi connectivity index (χ0) is 22.5. The molecule has 2 amide bonds. The van der Waals surface area contributed by atoms with E-state index in [1.165, 1.54) is 35.4 Å². The molecular weight excluding hydrogens is 411 g/mol. The summed E-state index contributed by atoms with van der Waals surface area (Å²) in [5, 5.41) is 3.10. The van der Waals surface area contributed by atoms with Crippen LogP contribution in [0.1, 0.15) is 47.8 Å². The Morgan fingerprint density at radius 3 is 2.34 bits per heavy atom. The van der Waals surface area contributed by atoms with E-state index in [0.717, 1.165) is 25.7 Å². The minimum absolute atomic E-state index is 0.0667. The number of rotatable bonds is 7. The van der Waals surface area contributed by atoms with Crippen molar-refractivity contribution in [2.45, 2.75) is 37.8 Å². The number of furan rings is 1. The van der Waals surface area contributed by atoms with Gasteiger partial charge in [0.05, 0.1) is 13.4 Å². The van der Waals surface area contributed by atoms with E-state index in [0.29, 0.717) is 17.0 Å². The first-order valence-corrected chi connectivity index (χ1v) is 10.6. The number of nitrogens with one attached hydrogen (secondary N) is 1. The summed E-state index contributed by atoms with van der Waals surface area (Å²) in [6.45, 7) is 0. The van der Waals surface area contributed by atoms with Crippen LogP contribution in [0.5, 0.6) is 5.75 Å². The van der Waals surface area contributed by atoms with Gasteiger partial charge in [0.15, 0.2) is 5.76 Å². The van der Waals surface area contributed by atoms with E-state index >= 15 is 0 Å². The first kappa shape index (κ1) is 21.6. The number of benzene rings is 2. The smallest absolute Gasteiger partial charge is 0.294 e. The molecule has 0 saturated heterocycles. The molecule has 32 heavy (non-hydrogen) atoms. The van der Waals surface area contributed by atoms with Gasteiger partial charge in [-0.1, -0.05) is 25.0 Å². The molecule has 1 atom stereocenters. The quantitative estimate of drug-likeness (QED) is 0.573. The number of halogens is 1. The van der Waals surface area contributed by atoms with E-state index in [4.69, 9.17) is 9.15 Å². The second kappa shape index (κ2) is 9.68. The zero-order valence-electron chi connectivity index (χ0n) is 17.8. The van der Waals surface area contributed by atoms with E-state index in [-0.39, 0.29) is 17.7 Å². The lowest BCUT2D eigenvalue weighted by atomic mass is 10.0. The fraction of sp³-hybridized carbons (Fsp3) is 0.280. The minimum Gasteiger partial charge on any atom is -0.497 e. The van der Waals surface area contributed by atoms with Crippen molar-refractivity contribution in [1.29, 1.82) is 0 Å². The zero-order valence-corrected chi connectivity index (χ0v) is 17.8.